The van der Waals surface area contributed by atoms with Crippen molar-refractivity contribution in [1.29, 1.82) is 0 Å². The van der Waals surface area contributed by atoms with Crippen molar-refractivity contribution in [3.8, 4) is 0 Å². The Morgan fingerprint density at radius 1 is 1.26 bits per heavy atom. The van der Waals surface area contributed by atoms with Crippen LogP contribution in [0.5, 0.6) is 0 Å². The van der Waals surface area contributed by atoms with Gasteiger partial charge in [0.2, 0.25) is 0 Å². The second-order valence-corrected chi connectivity index (χ2v) is 6.62. The van der Waals surface area contributed by atoms with Crippen molar-refractivity contribution >= 4 is 21.7 Å². The maximum Gasteiger partial charge on any atom is 0.128 e. The van der Waals surface area contributed by atoms with E-state index in [4.69, 9.17) is 0 Å². The van der Waals surface area contributed by atoms with Crippen LogP contribution < -0.4 is 10.2 Å². The third-order valence-electron chi connectivity index (χ3n) is 4.54. The van der Waals surface area contributed by atoms with Crippen molar-refractivity contribution in [3.63, 3.8) is 0 Å². The molecule has 0 radical (unpaired) electrons. The van der Waals surface area contributed by atoms with Crippen LogP contribution in [0.4, 0.5) is 5.82 Å². The fourth-order valence-corrected chi connectivity index (χ4v) is 3.57. The lowest BCUT2D eigenvalue weighted by Crippen LogP contribution is -2.41. The maximum absolute atomic E-state index is 4.68. The van der Waals surface area contributed by atoms with Crippen molar-refractivity contribution < 1.29 is 0 Å². The molecular weight excluding hydrogens is 302 g/mol. The normalized spacial score (nSPS) is 24.9. The molecule has 2 fully saturated rings. The van der Waals surface area contributed by atoms with E-state index < -0.39 is 0 Å². The van der Waals surface area contributed by atoms with Crippen molar-refractivity contribution in [2.45, 2.75) is 38.6 Å². The number of pyridine rings is 1. The van der Waals surface area contributed by atoms with Gasteiger partial charge in [-0.3, -0.25) is 0 Å². The molecule has 2 aliphatic heterocycles. The standard InChI is InChI=1S/C15H22BrN3/c1-11-13(16)4-5-15(18-11)19-9-6-12(7-10-19)14-3-2-8-17-14/h4-5,12,14,17H,2-3,6-10H2,1H3. The number of piperidine rings is 1. The van der Waals surface area contributed by atoms with Crippen molar-refractivity contribution in [1.82, 2.24) is 10.3 Å². The molecule has 1 aromatic rings. The predicted octanol–water partition coefficient (Wildman–Crippen LogP) is 3.12. The Labute approximate surface area is 123 Å². The minimum Gasteiger partial charge on any atom is -0.357 e. The minimum absolute atomic E-state index is 0.779. The van der Waals surface area contributed by atoms with Gasteiger partial charge in [0.15, 0.2) is 0 Å². The summed E-state index contributed by atoms with van der Waals surface area (Å²) in [6.45, 7) is 5.58. The Morgan fingerprint density at radius 2 is 2.05 bits per heavy atom. The van der Waals surface area contributed by atoms with Gasteiger partial charge in [-0.1, -0.05) is 0 Å². The molecule has 1 aromatic heterocycles. The molecule has 1 atom stereocenters. The zero-order valence-corrected chi connectivity index (χ0v) is 13.1. The van der Waals surface area contributed by atoms with Crippen LogP contribution in [0.3, 0.4) is 0 Å². The predicted molar refractivity (Wildman–Crippen MR) is 82.6 cm³/mol. The summed E-state index contributed by atoms with van der Waals surface area (Å²) < 4.78 is 1.10. The third-order valence-corrected chi connectivity index (χ3v) is 5.38. The summed E-state index contributed by atoms with van der Waals surface area (Å²) >= 11 is 3.52. The largest absolute Gasteiger partial charge is 0.357 e. The van der Waals surface area contributed by atoms with E-state index in [0.29, 0.717) is 0 Å². The van der Waals surface area contributed by atoms with Gasteiger partial charge in [0, 0.05) is 23.6 Å². The molecule has 1 unspecified atom stereocenters. The number of aryl methyl sites for hydroxylation is 1. The summed E-state index contributed by atoms with van der Waals surface area (Å²) in [5.74, 6) is 2.01. The summed E-state index contributed by atoms with van der Waals surface area (Å²) in [7, 11) is 0. The fraction of sp³-hybridized carbons (Fsp3) is 0.667. The quantitative estimate of drug-likeness (QED) is 0.906. The van der Waals surface area contributed by atoms with E-state index in [2.05, 4.69) is 50.2 Å². The topological polar surface area (TPSA) is 28.2 Å². The molecule has 2 saturated heterocycles. The lowest BCUT2D eigenvalue weighted by Gasteiger charge is -2.35. The van der Waals surface area contributed by atoms with Crippen LogP contribution in [-0.4, -0.2) is 30.7 Å². The Kier molecular flexibility index (Phi) is 4.08. The van der Waals surface area contributed by atoms with E-state index in [1.807, 2.05) is 0 Å². The highest BCUT2D eigenvalue weighted by Gasteiger charge is 2.28. The van der Waals surface area contributed by atoms with Gasteiger partial charge in [0.1, 0.15) is 5.82 Å². The minimum atomic E-state index is 0.779. The molecular formula is C15H22BrN3. The Bertz CT molecular complexity index is 435. The number of hydrogen-bond donors (Lipinski definition) is 1. The Hall–Kier alpha value is -0.610. The molecule has 19 heavy (non-hydrogen) atoms. The first kappa shape index (κ1) is 13.4. The second kappa shape index (κ2) is 5.80. The maximum atomic E-state index is 4.68. The van der Waals surface area contributed by atoms with Crippen molar-refractivity contribution in [3.05, 3.63) is 22.3 Å². The third kappa shape index (κ3) is 2.95. The highest BCUT2D eigenvalue weighted by molar-refractivity contribution is 9.10. The number of anilines is 1. The summed E-state index contributed by atoms with van der Waals surface area (Å²) in [4.78, 5) is 7.12. The van der Waals surface area contributed by atoms with Gasteiger partial charge in [0.25, 0.3) is 0 Å². The van der Waals surface area contributed by atoms with Gasteiger partial charge >= 0.3 is 0 Å². The molecule has 3 heterocycles. The monoisotopic (exact) mass is 323 g/mol. The molecule has 0 aromatic carbocycles. The fourth-order valence-electron chi connectivity index (χ4n) is 3.35. The number of nitrogens with zero attached hydrogens (tertiary/aromatic N) is 2. The lowest BCUT2D eigenvalue weighted by atomic mass is 9.88. The zero-order valence-electron chi connectivity index (χ0n) is 11.5. The first-order valence-corrected chi connectivity index (χ1v) is 8.15. The van der Waals surface area contributed by atoms with E-state index in [0.717, 1.165) is 41.0 Å². The molecule has 0 spiro atoms. The highest BCUT2D eigenvalue weighted by Crippen LogP contribution is 2.28. The summed E-state index contributed by atoms with van der Waals surface area (Å²) in [5, 5.41) is 3.66. The number of rotatable bonds is 2. The number of halogens is 1. The zero-order chi connectivity index (χ0) is 13.2. The van der Waals surface area contributed by atoms with E-state index in [1.54, 1.807) is 0 Å². The van der Waals surface area contributed by atoms with E-state index >= 15 is 0 Å². The van der Waals surface area contributed by atoms with Gasteiger partial charge in [-0.15, -0.1) is 0 Å². The van der Waals surface area contributed by atoms with Crippen LogP contribution >= 0.6 is 15.9 Å². The van der Waals surface area contributed by atoms with Crippen molar-refractivity contribution in [2.24, 2.45) is 5.92 Å². The molecule has 3 rings (SSSR count). The Morgan fingerprint density at radius 3 is 2.68 bits per heavy atom. The summed E-state index contributed by atoms with van der Waals surface area (Å²) in [6, 6.07) is 5.02. The van der Waals surface area contributed by atoms with Crippen LogP contribution in [0.15, 0.2) is 16.6 Å². The van der Waals surface area contributed by atoms with Crippen LogP contribution in [0.25, 0.3) is 0 Å². The molecule has 0 saturated carbocycles. The summed E-state index contributed by atoms with van der Waals surface area (Å²) in [5.41, 5.74) is 1.08. The summed E-state index contributed by atoms with van der Waals surface area (Å²) in [6.07, 6.45) is 5.33. The molecule has 0 amide bonds. The Balaban J connectivity index is 1.61. The number of aromatic nitrogens is 1. The highest BCUT2D eigenvalue weighted by atomic mass is 79.9. The molecule has 3 nitrogen and oxygen atoms in total. The van der Waals surface area contributed by atoms with Crippen LogP contribution in [0.2, 0.25) is 0 Å². The van der Waals surface area contributed by atoms with Gasteiger partial charge in [-0.05, 0) is 73.1 Å². The van der Waals surface area contributed by atoms with E-state index in [9.17, 15) is 0 Å². The molecule has 2 aliphatic rings. The second-order valence-electron chi connectivity index (χ2n) is 5.76. The van der Waals surface area contributed by atoms with Gasteiger partial charge in [-0.25, -0.2) is 4.98 Å². The number of hydrogen-bond acceptors (Lipinski definition) is 3. The van der Waals surface area contributed by atoms with Gasteiger partial charge in [-0.2, -0.15) is 0 Å². The first-order valence-electron chi connectivity index (χ1n) is 7.35. The van der Waals surface area contributed by atoms with E-state index in [-0.39, 0.29) is 0 Å². The average molecular weight is 324 g/mol. The lowest BCUT2D eigenvalue weighted by molar-refractivity contribution is 0.318. The molecule has 1 N–H and O–H groups in total. The van der Waals surface area contributed by atoms with Crippen LogP contribution in [-0.2, 0) is 0 Å². The van der Waals surface area contributed by atoms with E-state index in [1.165, 1.54) is 32.2 Å². The van der Waals surface area contributed by atoms with Crippen LogP contribution in [0.1, 0.15) is 31.4 Å². The molecule has 0 aliphatic carbocycles. The SMILES string of the molecule is Cc1nc(N2CCC(C3CCCN3)CC2)ccc1Br. The smallest absolute Gasteiger partial charge is 0.128 e. The molecule has 4 heteroatoms. The van der Waals surface area contributed by atoms with Gasteiger partial charge in [0.05, 0.1) is 5.69 Å². The van der Waals surface area contributed by atoms with Gasteiger partial charge < -0.3 is 10.2 Å². The van der Waals surface area contributed by atoms with Crippen molar-refractivity contribution in [2.75, 3.05) is 24.5 Å². The molecule has 0 bridgehead atoms. The first-order chi connectivity index (χ1) is 9.24. The average Bonchev–Trinajstić information content (AvgIpc) is 2.96. The number of nitrogens with one attached hydrogen (secondary N) is 1. The molecule has 104 valence electrons. The van der Waals surface area contributed by atoms with Crippen LogP contribution in [0, 0.1) is 12.8 Å².